The summed E-state index contributed by atoms with van der Waals surface area (Å²) in [6, 6.07) is 15.5. The highest BCUT2D eigenvalue weighted by atomic mass is 32.1. The zero-order chi connectivity index (χ0) is 27.2. The highest BCUT2D eigenvalue weighted by molar-refractivity contribution is 7.13. The Kier molecular flexibility index (Phi) is 8.36. The maximum atomic E-state index is 13.7. The van der Waals surface area contributed by atoms with Crippen LogP contribution in [-0.4, -0.2) is 61.4 Å². The van der Waals surface area contributed by atoms with E-state index in [1.807, 2.05) is 0 Å². The van der Waals surface area contributed by atoms with E-state index in [-0.39, 0.29) is 17.3 Å². The molecule has 10 heteroatoms. The number of thiazole rings is 1. The zero-order valence-electron chi connectivity index (χ0n) is 21.1. The van der Waals surface area contributed by atoms with Crippen molar-refractivity contribution in [1.29, 1.82) is 0 Å². The molecule has 1 saturated heterocycles. The van der Waals surface area contributed by atoms with E-state index in [0.717, 1.165) is 32.8 Å². The van der Waals surface area contributed by atoms with Crippen molar-refractivity contribution in [2.45, 2.75) is 0 Å². The lowest BCUT2D eigenvalue weighted by molar-refractivity contribution is 0.0395. The molecular weight excluding hydrogens is 520 g/mol. The number of anilines is 2. The molecule has 0 bridgehead atoms. The van der Waals surface area contributed by atoms with Crippen molar-refractivity contribution >= 4 is 34.8 Å². The molecule has 7 nitrogen and oxygen atoms in total. The predicted molar refractivity (Wildman–Crippen MR) is 151 cm³/mol. The Hall–Kier alpha value is -3.99. The average molecular weight is 548 g/mol. The van der Waals surface area contributed by atoms with Gasteiger partial charge in [-0.25, -0.2) is 13.8 Å². The van der Waals surface area contributed by atoms with Crippen LogP contribution < -0.4 is 11.1 Å². The molecular formula is C29H27F2N5O2S. The van der Waals surface area contributed by atoms with E-state index in [9.17, 15) is 13.6 Å². The van der Waals surface area contributed by atoms with E-state index in [2.05, 4.69) is 20.2 Å². The number of rotatable bonds is 8. The van der Waals surface area contributed by atoms with Gasteiger partial charge < -0.3 is 15.8 Å². The van der Waals surface area contributed by atoms with Crippen LogP contribution >= 0.6 is 11.3 Å². The molecule has 1 aliphatic rings. The Balaban J connectivity index is 1.39. The molecule has 0 saturated carbocycles. The molecule has 1 fully saturated rings. The summed E-state index contributed by atoms with van der Waals surface area (Å²) in [6.45, 7) is 4.65. The maximum Gasteiger partial charge on any atom is 0.275 e. The van der Waals surface area contributed by atoms with Crippen molar-refractivity contribution < 1.29 is 18.3 Å². The molecule has 0 unspecified atom stereocenters. The van der Waals surface area contributed by atoms with Gasteiger partial charge in [-0.2, -0.15) is 0 Å². The van der Waals surface area contributed by atoms with Gasteiger partial charge >= 0.3 is 0 Å². The number of ether oxygens (including phenoxy) is 1. The summed E-state index contributed by atoms with van der Waals surface area (Å²) in [5, 5.41) is 5.08. The second kappa shape index (κ2) is 12.2. The number of nitrogen functional groups attached to an aromatic ring is 1. The fourth-order valence-electron chi connectivity index (χ4n) is 4.22. The number of morpholine rings is 1. The molecule has 0 atom stereocenters. The number of benzene rings is 3. The topological polar surface area (TPSA) is 92.8 Å². The molecule has 0 aliphatic carbocycles. The number of carbonyl (C=O) groups excluding carboxylic acids is 1. The number of hydrogen-bond acceptors (Lipinski definition) is 7. The van der Waals surface area contributed by atoms with Gasteiger partial charge in [0.1, 0.15) is 22.3 Å². The average Bonchev–Trinajstić information content (AvgIpc) is 3.44. The van der Waals surface area contributed by atoms with Crippen molar-refractivity contribution in [3.05, 3.63) is 88.9 Å². The summed E-state index contributed by atoms with van der Waals surface area (Å²) in [5.41, 5.74) is 10.1. The van der Waals surface area contributed by atoms with Crippen LogP contribution in [0.3, 0.4) is 0 Å². The molecule has 1 amide bonds. The fraction of sp³-hybridized carbons (Fsp3) is 0.207. The van der Waals surface area contributed by atoms with E-state index < -0.39 is 5.91 Å². The smallest absolute Gasteiger partial charge is 0.275 e. The number of nitrogens with one attached hydrogen (secondary N) is 1. The van der Waals surface area contributed by atoms with Gasteiger partial charge in [-0.05, 0) is 42.0 Å². The lowest BCUT2D eigenvalue weighted by Gasteiger charge is -2.25. The number of carbonyl (C=O) groups is 1. The van der Waals surface area contributed by atoms with Gasteiger partial charge in [0, 0.05) is 59.3 Å². The molecule has 1 aromatic heterocycles. The van der Waals surface area contributed by atoms with Crippen LogP contribution in [0, 0.1) is 11.6 Å². The lowest BCUT2D eigenvalue weighted by Crippen LogP contribution is -2.37. The van der Waals surface area contributed by atoms with Gasteiger partial charge in [0.25, 0.3) is 5.91 Å². The molecule has 0 radical (unpaired) electrons. The first kappa shape index (κ1) is 26.6. The minimum Gasteiger partial charge on any atom is -0.398 e. The summed E-state index contributed by atoms with van der Waals surface area (Å²) in [5.74, 6) is -1.18. The number of nitrogens with two attached hydrogens (primary N) is 1. The van der Waals surface area contributed by atoms with E-state index in [1.165, 1.54) is 35.6 Å². The molecule has 0 spiro atoms. The van der Waals surface area contributed by atoms with Gasteiger partial charge in [-0.15, -0.1) is 11.3 Å². The van der Waals surface area contributed by atoms with Gasteiger partial charge in [0.15, 0.2) is 0 Å². The minimum atomic E-state index is -0.433. The third-order valence-electron chi connectivity index (χ3n) is 6.31. The largest absolute Gasteiger partial charge is 0.398 e. The Bertz CT molecular complexity index is 1480. The van der Waals surface area contributed by atoms with E-state index in [1.54, 1.807) is 48.0 Å². The highest BCUT2D eigenvalue weighted by Gasteiger charge is 2.17. The standard InChI is InChI=1S/C29H27F2N5O2S/c30-22-6-4-19(5-7-22)24-16-25(32)21(17-33-8-9-36-10-12-38-13-11-36)15-26(24)34-28(37)27-18-39-29(35-27)20-2-1-3-23(31)14-20/h1-7,14-18H,8-13,32H2,(H,34,37). The Labute approximate surface area is 229 Å². The summed E-state index contributed by atoms with van der Waals surface area (Å²) in [4.78, 5) is 24.4. The zero-order valence-corrected chi connectivity index (χ0v) is 21.9. The molecule has 3 aromatic carbocycles. The van der Waals surface area contributed by atoms with Crippen LogP contribution in [0.1, 0.15) is 16.1 Å². The van der Waals surface area contributed by atoms with Crippen LogP contribution in [0.4, 0.5) is 20.2 Å². The first-order valence-electron chi connectivity index (χ1n) is 12.5. The second-order valence-corrected chi connectivity index (χ2v) is 9.88. The Morgan fingerprint density at radius 3 is 2.64 bits per heavy atom. The first-order valence-corrected chi connectivity index (χ1v) is 13.4. The molecule has 2 heterocycles. The van der Waals surface area contributed by atoms with Gasteiger partial charge in [-0.1, -0.05) is 24.3 Å². The van der Waals surface area contributed by atoms with Crippen LogP contribution in [0.25, 0.3) is 21.7 Å². The molecule has 200 valence electrons. The Morgan fingerprint density at radius 1 is 1.08 bits per heavy atom. The molecule has 3 N–H and O–H groups in total. The van der Waals surface area contributed by atoms with Crippen molar-refractivity contribution in [3.8, 4) is 21.7 Å². The minimum absolute atomic E-state index is 0.196. The fourth-order valence-corrected chi connectivity index (χ4v) is 5.02. The number of halogens is 2. The highest BCUT2D eigenvalue weighted by Crippen LogP contribution is 2.33. The number of amides is 1. The summed E-state index contributed by atoms with van der Waals surface area (Å²) in [7, 11) is 0. The molecule has 5 rings (SSSR count). The normalized spacial score (nSPS) is 14.1. The van der Waals surface area contributed by atoms with Gasteiger partial charge in [0.05, 0.1) is 19.8 Å². The summed E-state index contributed by atoms with van der Waals surface area (Å²) >= 11 is 1.25. The van der Waals surface area contributed by atoms with Crippen LogP contribution in [-0.2, 0) is 4.74 Å². The predicted octanol–water partition coefficient (Wildman–Crippen LogP) is 5.34. The summed E-state index contributed by atoms with van der Waals surface area (Å²) in [6.07, 6.45) is 1.70. The number of aromatic nitrogens is 1. The maximum absolute atomic E-state index is 13.7. The SMILES string of the molecule is Nc1cc(-c2ccc(F)cc2)c(NC(=O)c2csc(-c3cccc(F)c3)n2)cc1C=NCCN1CCOCC1. The monoisotopic (exact) mass is 547 g/mol. The molecule has 39 heavy (non-hydrogen) atoms. The van der Waals surface area contributed by atoms with E-state index >= 15 is 0 Å². The third-order valence-corrected chi connectivity index (χ3v) is 7.21. The quantitative estimate of drug-likeness (QED) is 0.230. The number of nitrogens with zero attached hydrogens (tertiary/aromatic N) is 3. The van der Waals surface area contributed by atoms with Gasteiger partial charge in [0.2, 0.25) is 0 Å². The van der Waals surface area contributed by atoms with Gasteiger partial charge in [-0.3, -0.25) is 14.7 Å². The third kappa shape index (κ3) is 6.72. The number of hydrogen-bond donors (Lipinski definition) is 2. The van der Waals surface area contributed by atoms with Crippen LogP contribution in [0.2, 0.25) is 0 Å². The van der Waals surface area contributed by atoms with Crippen LogP contribution in [0.15, 0.2) is 71.0 Å². The van der Waals surface area contributed by atoms with Crippen LogP contribution in [0.5, 0.6) is 0 Å². The first-order chi connectivity index (χ1) is 19.0. The lowest BCUT2D eigenvalue weighted by atomic mass is 10.00. The Morgan fingerprint density at radius 2 is 1.87 bits per heavy atom. The molecule has 1 aliphatic heterocycles. The van der Waals surface area contributed by atoms with E-state index in [0.29, 0.717) is 45.2 Å². The van der Waals surface area contributed by atoms with Crippen molar-refractivity contribution in [2.75, 3.05) is 50.4 Å². The van der Waals surface area contributed by atoms with E-state index in [4.69, 9.17) is 10.5 Å². The number of aliphatic imine (C=N–C) groups is 1. The van der Waals surface area contributed by atoms with Crippen molar-refractivity contribution in [2.24, 2.45) is 4.99 Å². The molecule has 4 aromatic rings. The van der Waals surface area contributed by atoms with Crippen molar-refractivity contribution in [3.63, 3.8) is 0 Å². The summed E-state index contributed by atoms with van der Waals surface area (Å²) < 4.78 is 32.6. The van der Waals surface area contributed by atoms with Crippen molar-refractivity contribution in [1.82, 2.24) is 9.88 Å². The second-order valence-electron chi connectivity index (χ2n) is 9.03.